The maximum atomic E-state index is 11.8. The summed E-state index contributed by atoms with van der Waals surface area (Å²) in [4.78, 5) is 37.9. The van der Waals surface area contributed by atoms with E-state index in [1.807, 2.05) is 4.90 Å². The van der Waals surface area contributed by atoms with E-state index < -0.39 is 0 Å². The normalized spacial score (nSPS) is 15.3. The molecule has 1 rings (SSSR count). The molecule has 0 radical (unpaired) electrons. The summed E-state index contributed by atoms with van der Waals surface area (Å²) in [6, 6.07) is 0. The number of nitrogens with one attached hydrogen (secondary N) is 1. The molecule has 1 N–H and O–H groups in total. The lowest BCUT2D eigenvalue weighted by molar-refractivity contribution is -0.140. The average molecular weight is 315 g/mol. The average Bonchev–Trinajstić information content (AvgIpc) is 2.52. The van der Waals surface area contributed by atoms with Crippen molar-refractivity contribution in [2.24, 2.45) is 0 Å². The van der Waals surface area contributed by atoms with Crippen LogP contribution in [0.25, 0.3) is 0 Å². The lowest BCUT2D eigenvalue weighted by Crippen LogP contribution is -2.51. The minimum absolute atomic E-state index is 0.0746. The molecule has 126 valence electrons. The predicted octanol–water partition coefficient (Wildman–Crippen LogP) is -0.170. The number of rotatable bonds is 7. The summed E-state index contributed by atoms with van der Waals surface area (Å²) in [5, 5.41) is 2.77. The Hall–Kier alpha value is -1.83. The third-order valence-corrected chi connectivity index (χ3v) is 3.37. The third kappa shape index (κ3) is 6.75. The molecule has 22 heavy (non-hydrogen) atoms. The molecule has 0 unspecified atom stereocenters. The SMILES string of the molecule is CCOC(=O)N1CCN(CC(=O)NCCCC(=O)OC)CC1. The van der Waals surface area contributed by atoms with Crippen LogP contribution in [0.1, 0.15) is 19.8 Å². The highest BCUT2D eigenvalue weighted by atomic mass is 16.6. The predicted molar refractivity (Wildman–Crippen MR) is 79.3 cm³/mol. The van der Waals surface area contributed by atoms with Crippen molar-refractivity contribution in [1.82, 2.24) is 15.1 Å². The Kier molecular flexibility index (Phi) is 8.27. The summed E-state index contributed by atoms with van der Waals surface area (Å²) in [7, 11) is 1.34. The molecule has 8 heteroatoms. The molecule has 1 saturated heterocycles. The fourth-order valence-corrected chi connectivity index (χ4v) is 2.12. The first-order valence-electron chi connectivity index (χ1n) is 7.54. The van der Waals surface area contributed by atoms with E-state index in [-0.39, 0.29) is 18.0 Å². The van der Waals surface area contributed by atoms with E-state index in [0.29, 0.717) is 58.7 Å². The smallest absolute Gasteiger partial charge is 0.409 e. The molecule has 0 aromatic heterocycles. The van der Waals surface area contributed by atoms with Crippen LogP contribution >= 0.6 is 0 Å². The van der Waals surface area contributed by atoms with Crippen molar-refractivity contribution >= 4 is 18.0 Å². The molecular formula is C14H25N3O5. The maximum Gasteiger partial charge on any atom is 0.409 e. The Balaban J connectivity index is 2.14. The molecule has 1 aliphatic rings. The molecule has 0 aromatic rings. The van der Waals surface area contributed by atoms with Crippen LogP contribution in [0.3, 0.4) is 0 Å². The van der Waals surface area contributed by atoms with E-state index in [1.165, 1.54) is 7.11 Å². The number of hydrogen-bond donors (Lipinski definition) is 1. The van der Waals surface area contributed by atoms with Gasteiger partial charge in [-0.15, -0.1) is 0 Å². The summed E-state index contributed by atoms with van der Waals surface area (Å²) >= 11 is 0. The van der Waals surface area contributed by atoms with Crippen molar-refractivity contribution in [2.45, 2.75) is 19.8 Å². The second-order valence-electron chi connectivity index (χ2n) is 4.99. The number of carbonyl (C=O) groups is 3. The van der Waals surface area contributed by atoms with E-state index in [0.717, 1.165) is 0 Å². The summed E-state index contributed by atoms with van der Waals surface area (Å²) in [6.45, 7) is 5.32. The fourth-order valence-electron chi connectivity index (χ4n) is 2.12. The van der Waals surface area contributed by atoms with Gasteiger partial charge in [0.1, 0.15) is 0 Å². The van der Waals surface area contributed by atoms with Gasteiger partial charge in [0.15, 0.2) is 0 Å². The monoisotopic (exact) mass is 315 g/mol. The zero-order valence-electron chi connectivity index (χ0n) is 13.3. The number of piperazine rings is 1. The topological polar surface area (TPSA) is 88.2 Å². The van der Waals surface area contributed by atoms with Crippen molar-refractivity contribution < 1.29 is 23.9 Å². The molecule has 1 heterocycles. The standard InChI is InChI=1S/C14H25N3O5/c1-3-22-14(20)17-9-7-16(8-10-17)11-12(18)15-6-4-5-13(19)21-2/h3-11H2,1-2H3,(H,15,18). The molecule has 0 aromatic carbocycles. The van der Waals surface area contributed by atoms with E-state index in [4.69, 9.17) is 4.74 Å². The molecule has 0 bridgehead atoms. The molecule has 0 saturated carbocycles. The van der Waals surface area contributed by atoms with Gasteiger partial charge in [0.05, 0.1) is 20.3 Å². The molecule has 1 fully saturated rings. The highest BCUT2D eigenvalue weighted by Crippen LogP contribution is 2.03. The summed E-state index contributed by atoms with van der Waals surface area (Å²) < 4.78 is 9.47. The minimum Gasteiger partial charge on any atom is -0.469 e. The van der Waals surface area contributed by atoms with Crippen molar-refractivity contribution in [3.05, 3.63) is 0 Å². The lowest BCUT2D eigenvalue weighted by atomic mass is 10.3. The number of nitrogens with zero attached hydrogens (tertiary/aromatic N) is 2. The van der Waals surface area contributed by atoms with Crippen LogP contribution in [0.5, 0.6) is 0 Å². The zero-order valence-corrected chi connectivity index (χ0v) is 13.3. The lowest BCUT2D eigenvalue weighted by Gasteiger charge is -2.33. The number of ether oxygens (including phenoxy) is 2. The number of carbonyl (C=O) groups excluding carboxylic acids is 3. The zero-order chi connectivity index (χ0) is 16.4. The van der Waals surface area contributed by atoms with Crippen molar-refractivity contribution in [1.29, 1.82) is 0 Å². The van der Waals surface area contributed by atoms with Gasteiger partial charge in [-0.2, -0.15) is 0 Å². The van der Waals surface area contributed by atoms with Crippen LogP contribution in [-0.2, 0) is 19.1 Å². The molecule has 2 amide bonds. The number of methoxy groups -OCH3 is 1. The van der Waals surface area contributed by atoms with Gasteiger partial charge >= 0.3 is 12.1 Å². The minimum atomic E-state index is -0.297. The Morgan fingerprint density at radius 2 is 1.82 bits per heavy atom. The van der Waals surface area contributed by atoms with Crippen molar-refractivity contribution in [3.63, 3.8) is 0 Å². The van der Waals surface area contributed by atoms with E-state index >= 15 is 0 Å². The first-order valence-corrected chi connectivity index (χ1v) is 7.54. The second kappa shape index (κ2) is 9.99. The Bertz CT molecular complexity index is 381. The van der Waals surface area contributed by atoms with Crippen LogP contribution in [0, 0.1) is 0 Å². The highest BCUT2D eigenvalue weighted by molar-refractivity contribution is 5.78. The van der Waals surface area contributed by atoms with Crippen LogP contribution in [0.4, 0.5) is 4.79 Å². The van der Waals surface area contributed by atoms with E-state index in [9.17, 15) is 14.4 Å². The summed E-state index contributed by atoms with van der Waals surface area (Å²) in [5.74, 6) is -0.348. The summed E-state index contributed by atoms with van der Waals surface area (Å²) in [6.07, 6.45) is 0.568. The largest absolute Gasteiger partial charge is 0.469 e. The van der Waals surface area contributed by atoms with Gasteiger partial charge in [0.2, 0.25) is 5.91 Å². The maximum absolute atomic E-state index is 11.8. The second-order valence-corrected chi connectivity index (χ2v) is 4.99. The first-order chi connectivity index (χ1) is 10.6. The van der Waals surface area contributed by atoms with Gasteiger partial charge in [-0.05, 0) is 13.3 Å². The van der Waals surface area contributed by atoms with Gasteiger partial charge in [-0.25, -0.2) is 4.79 Å². The van der Waals surface area contributed by atoms with Crippen LogP contribution in [0.15, 0.2) is 0 Å². The van der Waals surface area contributed by atoms with Gasteiger partial charge in [0, 0.05) is 39.1 Å². The van der Waals surface area contributed by atoms with Crippen LogP contribution < -0.4 is 5.32 Å². The Labute approximate surface area is 130 Å². The Morgan fingerprint density at radius 1 is 1.14 bits per heavy atom. The molecule has 0 atom stereocenters. The highest BCUT2D eigenvalue weighted by Gasteiger charge is 2.22. The van der Waals surface area contributed by atoms with Crippen LogP contribution in [-0.4, -0.2) is 80.8 Å². The molecule has 0 aliphatic carbocycles. The number of hydrogen-bond acceptors (Lipinski definition) is 6. The van der Waals surface area contributed by atoms with E-state index in [2.05, 4.69) is 10.1 Å². The van der Waals surface area contributed by atoms with Crippen LogP contribution in [0.2, 0.25) is 0 Å². The molecular weight excluding hydrogens is 290 g/mol. The number of amides is 2. The third-order valence-electron chi connectivity index (χ3n) is 3.37. The fraction of sp³-hybridized carbons (Fsp3) is 0.786. The Morgan fingerprint density at radius 3 is 2.41 bits per heavy atom. The summed E-state index contributed by atoms with van der Waals surface area (Å²) in [5.41, 5.74) is 0. The first kappa shape index (κ1) is 18.2. The van der Waals surface area contributed by atoms with Gasteiger partial charge in [-0.1, -0.05) is 0 Å². The molecule has 1 aliphatic heterocycles. The van der Waals surface area contributed by atoms with Crippen molar-refractivity contribution in [2.75, 3.05) is 53.0 Å². The molecule has 0 spiro atoms. The van der Waals surface area contributed by atoms with Crippen molar-refractivity contribution in [3.8, 4) is 0 Å². The van der Waals surface area contributed by atoms with Gasteiger partial charge in [0.25, 0.3) is 0 Å². The van der Waals surface area contributed by atoms with Gasteiger partial charge in [-0.3, -0.25) is 14.5 Å². The number of esters is 1. The quantitative estimate of drug-likeness (QED) is 0.518. The molecule has 8 nitrogen and oxygen atoms in total. The van der Waals surface area contributed by atoms with Gasteiger partial charge < -0.3 is 19.7 Å². The van der Waals surface area contributed by atoms with E-state index in [1.54, 1.807) is 11.8 Å².